The summed E-state index contributed by atoms with van der Waals surface area (Å²) < 4.78 is 46.2. The number of benzene rings is 3. The van der Waals surface area contributed by atoms with E-state index in [1.165, 1.54) is 49.5 Å². The molecule has 37 heavy (non-hydrogen) atoms. The number of halogens is 3. The molecule has 0 radical (unpaired) electrons. The Morgan fingerprint density at radius 3 is 2.38 bits per heavy atom. The lowest BCUT2D eigenvalue weighted by molar-refractivity contribution is -0.137. The van der Waals surface area contributed by atoms with Crippen LogP contribution in [0.5, 0.6) is 0 Å². The van der Waals surface area contributed by atoms with Crippen LogP contribution < -0.4 is 10.6 Å². The van der Waals surface area contributed by atoms with E-state index in [1.54, 1.807) is 6.07 Å². The van der Waals surface area contributed by atoms with Crippen molar-refractivity contribution in [1.82, 2.24) is 10.5 Å². The van der Waals surface area contributed by atoms with Gasteiger partial charge in [-0.1, -0.05) is 23.4 Å². The maximum atomic E-state index is 13.7. The summed E-state index contributed by atoms with van der Waals surface area (Å²) in [5.74, 6) is -3.02. The number of carbonyl (C=O) groups excluding carboxylic acids is 2. The fourth-order valence-corrected chi connectivity index (χ4v) is 3.74. The highest BCUT2D eigenvalue weighted by atomic mass is 19.4. The second kappa shape index (κ2) is 9.46. The minimum atomic E-state index is -4.71. The first-order chi connectivity index (χ1) is 17.5. The second-order valence-corrected chi connectivity index (χ2v) is 7.68. The van der Waals surface area contributed by atoms with Crippen molar-refractivity contribution in [2.24, 2.45) is 0 Å². The highest BCUT2D eigenvalue weighted by molar-refractivity contribution is 6.14. The first-order valence-electron chi connectivity index (χ1n) is 10.5. The normalized spacial score (nSPS) is 11.1. The molecule has 186 valence electrons. The van der Waals surface area contributed by atoms with Crippen LogP contribution in [0.15, 0.2) is 59.1 Å². The van der Waals surface area contributed by atoms with E-state index in [4.69, 9.17) is 9.78 Å². The van der Waals surface area contributed by atoms with Gasteiger partial charge >= 0.3 is 12.1 Å². The smallest absolute Gasteiger partial charge is 0.417 e. The molecule has 1 aromatic heterocycles. The van der Waals surface area contributed by atoms with Crippen LogP contribution in [-0.2, 0) is 6.18 Å². The molecule has 0 aliphatic rings. The minimum absolute atomic E-state index is 0.00913. The molecule has 0 aliphatic carbocycles. The van der Waals surface area contributed by atoms with Gasteiger partial charge < -0.3 is 20.3 Å². The number of rotatable bonds is 5. The number of carboxylic acid groups (broad SMARTS) is 1. The number of amides is 2. The molecule has 2 amide bonds. The van der Waals surface area contributed by atoms with E-state index in [-0.39, 0.29) is 50.2 Å². The summed E-state index contributed by atoms with van der Waals surface area (Å²) in [7, 11) is 1.30. The third-order valence-electron chi connectivity index (χ3n) is 5.45. The van der Waals surface area contributed by atoms with Gasteiger partial charge in [0.1, 0.15) is 0 Å². The van der Waals surface area contributed by atoms with Gasteiger partial charge in [0.25, 0.3) is 11.8 Å². The topological polar surface area (TPSA) is 145 Å². The monoisotopic (exact) mass is 508 g/mol. The minimum Gasteiger partial charge on any atom is -0.478 e. The number of alkyl halides is 3. The summed E-state index contributed by atoms with van der Waals surface area (Å²) >= 11 is 0. The molecule has 1 heterocycles. The average molecular weight is 508 g/mol. The van der Waals surface area contributed by atoms with E-state index < -0.39 is 29.5 Å². The Kier molecular flexibility index (Phi) is 6.37. The van der Waals surface area contributed by atoms with Gasteiger partial charge in [0.15, 0.2) is 11.3 Å². The molecule has 0 unspecified atom stereocenters. The lowest BCUT2D eigenvalue weighted by Gasteiger charge is -2.15. The van der Waals surface area contributed by atoms with Crippen molar-refractivity contribution in [2.45, 2.75) is 6.18 Å². The molecule has 9 nitrogen and oxygen atoms in total. The molecule has 0 saturated carbocycles. The highest BCUT2D eigenvalue weighted by Gasteiger charge is 2.34. The Labute approximate surface area is 206 Å². The number of carbonyl (C=O) groups is 3. The molecule has 12 heteroatoms. The molecule has 3 N–H and O–H groups in total. The van der Waals surface area contributed by atoms with Crippen molar-refractivity contribution in [3.05, 3.63) is 82.5 Å². The van der Waals surface area contributed by atoms with Crippen molar-refractivity contribution in [1.29, 1.82) is 5.26 Å². The second-order valence-electron chi connectivity index (χ2n) is 7.68. The number of aromatic carboxylic acids is 1. The molecular formula is C25H15F3N4O5. The number of nitrogens with zero attached hydrogens (tertiary/aromatic N) is 2. The molecule has 4 aromatic rings. The number of nitriles is 1. The van der Waals surface area contributed by atoms with Crippen molar-refractivity contribution in [3.8, 4) is 17.2 Å². The summed E-state index contributed by atoms with van der Waals surface area (Å²) in [5.41, 5.74) is -2.35. The van der Waals surface area contributed by atoms with Crippen LogP contribution in [0.3, 0.4) is 0 Å². The van der Waals surface area contributed by atoms with E-state index >= 15 is 0 Å². The number of hydrogen-bond acceptors (Lipinski definition) is 6. The van der Waals surface area contributed by atoms with Crippen LogP contribution in [0.2, 0.25) is 0 Å². The van der Waals surface area contributed by atoms with Gasteiger partial charge in [-0.05, 0) is 47.5 Å². The standard InChI is InChI=1S/C25H15F3N4O5/c1-30-22(33)15-9-17-20(10-14(15)13-4-2-3-5-18(13)25(26,27)28)37-32-21(17)23(34)31-19-7-6-12(11-29)8-16(19)24(35)36/h2-10H,1H3,(H,30,33)(H,31,34)(H,35,36). The van der Waals surface area contributed by atoms with E-state index in [1.807, 2.05) is 0 Å². The Morgan fingerprint density at radius 1 is 1.00 bits per heavy atom. The van der Waals surface area contributed by atoms with E-state index in [2.05, 4.69) is 15.8 Å². The Balaban J connectivity index is 1.84. The fourth-order valence-electron chi connectivity index (χ4n) is 3.74. The van der Waals surface area contributed by atoms with Gasteiger partial charge in [0, 0.05) is 12.6 Å². The van der Waals surface area contributed by atoms with Crippen LogP contribution in [-0.4, -0.2) is 35.1 Å². The molecule has 0 aliphatic heterocycles. The third kappa shape index (κ3) is 4.70. The number of aromatic nitrogens is 1. The number of fused-ring (bicyclic) bond motifs is 1. The number of carboxylic acids is 1. The summed E-state index contributed by atoms with van der Waals surface area (Å²) in [5, 5.41) is 26.9. The zero-order chi connectivity index (χ0) is 26.9. The van der Waals surface area contributed by atoms with Crippen molar-refractivity contribution >= 4 is 34.4 Å². The molecule has 0 saturated heterocycles. The van der Waals surface area contributed by atoms with E-state index in [9.17, 15) is 32.7 Å². The predicted molar refractivity (Wildman–Crippen MR) is 124 cm³/mol. The van der Waals surface area contributed by atoms with Gasteiger partial charge in [0.05, 0.1) is 33.8 Å². The Bertz CT molecular complexity index is 1620. The Hall–Kier alpha value is -5.18. The van der Waals surface area contributed by atoms with Crippen LogP contribution in [0, 0.1) is 11.3 Å². The molecule has 0 fully saturated rings. The zero-order valence-corrected chi connectivity index (χ0v) is 18.8. The predicted octanol–water partition coefficient (Wildman–Crippen LogP) is 4.70. The molecule has 0 atom stereocenters. The maximum absolute atomic E-state index is 13.7. The first-order valence-corrected chi connectivity index (χ1v) is 10.5. The Morgan fingerprint density at radius 2 is 1.73 bits per heavy atom. The number of hydrogen-bond donors (Lipinski definition) is 3. The molecule has 0 spiro atoms. The van der Waals surface area contributed by atoms with E-state index in [0.717, 1.165) is 12.1 Å². The third-order valence-corrected chi connectivity index (χ3v) is 5.45. The van der Waals surface area contributed by atoms with Crippen molar-refractivity contribution in [2.75, 3.05) is 12.4 Å². The van der Waals surface area contributed by atoms with Crippen LogP contribution in [0.4, 0.5) is 18.9 Å². The van der Waals surface area contributed by atoms with Crippen molar-refractivity contribution < 1.29 is 37.2 Å². The quantitative estimate of drug-likeness (QED) is 0.354. The van der Waals surface area contributed by atoms with Gasteiger partial charge in [0.2, 0.25) is 0 Å². The zero-order valence-electron chi connectivity index (χ0n) is 18.8. The van der Waals surface area contributed by atoms with Crippen LogP contribution in [0.1, 0.15) is 42.3 Å². The lowest BCUT2D eigenvalue weighted by Crippen LogP contribution is -2.19. The molecule has 4 rings (SSSR count). The van der Waals surface area contributed by atoms with Crippen LogP contribution >= 0.6 is 0 Å². The van der Waals surface area contributed by atoms with Gasteiger partial charge in [-0.25, -0.2) is 4.79 Å². The first kappa shape index (κ1) is 24.9. The average Bonchev–Trinajstić information content (AvgIpc) is 3.30. The van der Waals surface area contributed by atoms with E-state index in [0.29, 0.717) is 0 Å². The van der Waals surface area contributed by atoms with Gasteiger partial charge in [-0.15, -0.1) is 0 Å². The van der Waals surface area contributed by atoms with Gasteiger partial charge in [-0.2, -0.15) is 18.4 Å². The number of nitrogens with one attached hydrogen (secondary N) is 2. The SMILES string of the molecule is CNC(=O)c1cc2c(C(=O)Nc3ccc(C#N)cc3C(=O)O)noc2cc1-c1ccccc1C(F)(F)F. The summed E-state index contributed by atoms with van der Waals surface area (Å²) in [6, 6.07) is 12.5. The summed E-state index contributed by atoms with van der Waals surface area (Å²) in [6.07, 6.45) is -4.71. The van der Waals surface area contributed by atoms with Crippen molar-refractivity contribution in [3.63, 3.8) is 0 Å². The number of anilines is 1. The lowest BCUT2D eigenvalue weighted by atomic mass is 9.93. The molecule has 3 aromatic carbocycles. The summed E-state index contributed by atoms with van der Waals surface area (Å²) in [4.78, 5) is 37.2. The summed E-state index contributed by atoms with van der Waals surface area (Å²) in [6.45, 7) is 0. The largest absolute Gasteiger partial charge is 0.478 e. The van der Waals surface area contributed by atoms with Gasteiger partial charge in [-0.3, -0.25) is 9.59 Å². The molecular weight excluding hydrogens is 493 g/mol. The van der Waals surface area contributed by atoms with Crippen LogP contribution in [0.25, 0.3) is 22.1 Å². The molecule has 0 bridgehead atoms. The fraction of sp³-hybridized carbons (Fsp3) is 0.0800. The highest BCUT2D eigenvalue weighted by Crippen LogP contribution is 2.39. The maximum Gasteiger partial charge on any atom is 0.417 e.